The monoisotopic (exact) mass is 388 g/mol. The normalized spacial score (nSPS) is 16.8. The summed E-state index contributed by atoms with van der Waals surface area (Å²) in [5, 5.41) is 0. The molecule has 0 spiro atoms. The van der Waals surface area contributed by atoms with E-state index in [9.17, 15) is 21.6 Å². The third-order valence-corrected chi connectivity index (χ3v) is 6.24. The van der Waals surface area contributed by atoms with Crippen molar-refractivity contribution in [3.8, 4) is 11.3 Å². The zero-order chi connectivity index (χ0) is 18.9. The van der Waals surface area contributed by atoms with Crippen molar-refractivity contribution < 1.29 is 21.6 Å². The van der Waals surface area contributed by atoms with Gasteiger partial charge in [-0.3, -0.25) is 0 Å². The molecule has 0 bridgehead atoms. The average molecular weight is 388 g/mol. The molecule has 1 aromatic carbocycles. The molecule has 2 heterocycles. The molecule has 0 radical (unpaired) electrons. The molecule has 1 aliphatic rings. The minimum absolute atomic E-state index is 0.0629. The van der Waals surface area contributed by atoms with Crippen molar-refractivity contribution in [1.82, 2.24) is 14.3 Å². The Hall–Kier alpha value is -2.07. The summed E-state index contributed by atoms with van der Waals surface area (Å²) in [6.07, 6.45) is -2.92. The van der Waals surface area contributed by atoms with Crippen molar-refractivity contribution in [2.75, 3.05) is 36.8 Å². The summed E-state index contributed by atoms with van der Waals surface area (Å²) in [5.41, 5.74) is 0.157. The molecule has 0 amide bonds. The number of anilines is 1. The fourth-order valence-electron chi connectivity index (χ4n) is 2.84. The highest BCUT2D eigenvalue weighted by Crippen LogP contribution is 2.32. The Kier molecular flexibility index (Phi) is 4.98. The smallest absolute Gasteiger partial charge is 0.340 e. The lowest BCUT2D eigenvalue weighted by Crippen LogP contribution is -2.49. The van der Waals surface area contributed by atoms with Crippen LogP contribution in [-0.4, -0.2) is 54.6 Å². The van der Waals surface area contributed by atoms with Gasteiger partial charge in [-0.1, -0.05) is 12.1 Å². The third kappa shape index (κ3) is 3.85. The van der Waals surface area contributed by atoms with E-state index in [1.54, 1.807) is 13.0 Å². The predicted octanol–water partition coefficient (Wildman–Crippen LogP) is 2.57. The number of aromatic nitrogens is 2. The Bertz CT molecular complexity index is 872. The van der Waals surface area contributed by atoms with Gasteiger partial charge < -0.3 is 9.88 Å². The van der Waals surface area contributed by atoms with Crippen molar-refractivity contribution in [3.05, 3.63) is 36.0 Å². The second kappa shape index (κ2) is 6.92. The second-order valence-corrected chi connectivity index (χ2v) is 8.24. The molecule has 0 atom stereocenters. The fourth-order valence-corrected chi connectivity index (χ4v) is 3.93. The van der Waals surface area contributed by atoms with Gasteiger partial charge in [0.25, 0.3) is 0 Å². The summed E-state index contributed by atoms with van der Waals surface area (Å²) in [6.45, 7) is 3.25. The largest absolute Gasteiger partial charge is 0.416 e. The number of rotatable bonds is 4. The number of aromatic amines is 1. The van der Waals surface area contributed by atoms with Crippen LogP contribution in [0.1, 0.15) is 12.5 Å². The molecule has 1 fully saturated rings. The first kappa shape index (κ1) is 18.7. The molecule has 0 aliphatic carbocycles. The maximum atomic E-state index is 12.9. The van der Waals surface area contributed by atoms with E-state index in [4.69, 9.17) is 0 Å². The summed E-state index contributed by atoms with van der Waals surface area (Å²) in [6, 6.07) is 5.03. The molecule has 2 aromatic rings. The van der Waals surface area contributed by atoms with E-state index >= 15 is 0 Å². The van der Waals surface area contributed by atoms with Gasteiger partial charge in [0.05, 0.1) is 23.2 Å². The molecule has 1 aromatic heterocycles. The third-order valence-electron chi connectivity index (χ3n) is 4.36. The standard InChI is InChI=1S/C16H19F3N4O2S/c1-2-26(24,25)23-8-6-22(7-9-23)15-20-11-14(21-15)12-4-3-5-13(10-12)16(17,18)19/h3-5,10-11H,2,6-9H2,1H3,(H,20,21). The van der Waals surface area contributed by atoms with Crippen molar-refractivity contribution >= 4 is 16.0 Å². The van der Waals surface area contributed by atoms with E-state index in [1.807, 2.05) is 4.90 Å². The number of alkyl halides is 3. The van der Waals surface area contributed by atoms with Gasteiger partial charge in [-0.15, -0.1) is 0 Å². The number of halogens is 3. The van der Waals surface area contributed by atoms with Gasteiger partial charge in [0, 0.05) is 31.7 Å². The Morgan fingerprint density at radius 2 is 1.88 bits per heavy atom. The number of hydrogen-bond donors (Lipinski definition) is 1. The molecule has 1 N–H and O–H groups in total. The Balaban J connectivity index is 1.74. The van der Waals surface area contributed by atoms with Crippen LogP contribution in [0, 0.1) is 0 Å². The van der Waals surface area contributed by atoms with E-state index in [2.05, 4.69) is 9.97 Å². The number of sulfonamides is 1. The van der Waals surface area contributed by atoms with Gasteiger partial charge in [0.1, 0.15) is 0 Å². The second-order valence-electron chi connectivity index (χ2n) is 5.99. The number of nitrogens with one attached hydrogen (secondary N) is 1. The van der Waals surface area contributed by atoms with E-state index < -0.39 is 21.8 Å². The maximum Gasteiger partial charge on any atom is 0.416 e. The molecule has 1 saturated heterocycles. The molecular formula is C16H19F3N4O2S. The van der Waals surface area contributed by atoms with E-state index in [0.29, 0.717) is 43.4 Å². The summed E-state index contributed by atoms with van der Waals surface area (Å²) in [7, 11) is -3.21. The van der Waals surface area contributed by atoms with Crippen LogP contribution in [0.2, 0.25) is 0 Å². The molecule has 142 valence electrons. The lowest BCUT2D eigenvalue weighted by Gasteiger charge is -2.33. The van der Waals surface area contributed by atoms with Crippen molar-refractivity contribution in [1.29, 1.82) is 0 Å². The van der Waals surface area contributed by atoms with Gasteiger partial charge in [0.2, 0.25) is 16.0 Å². The molecule has 0 saturated carbocycles. The van der Waals surface area contributed by atoms with Crippen molar-refractivity contribution in [2.45, 2.75) is 13.1 Å². The number of benzene rings is 1. The van der Waals surface area contributed by atoms with Gasteiger partial charge in [-0.25, -0.2) is 13.4 Å². The van der Waals surface area contributed by atoms with Gasteiger partial charge in [-0.2, -0.15) is 17.5 Å². The summed E-state index contributed by atoms with van der Waals surface area (Å²) in [4.78, 5) is 9.15. The van der Waals surface area contributed by atoms with Crippen LogP contribution in [0.15, 0.2) is 30.5 Å². The van der Waals surface area contributed by atoms with Crippen LogP contribution < -0.4 is 4.90 Å². The van der Waals surface area contributed by atoms with Crippen LogP contribution >= 0.6 is 0 Å². The number of nitrogens with zero attached hydrogens (tertiary/aromatic N) is 3. The maximum absolute atomic E-state index is 12.9. The molecule has 10 heteroatoms. The quantitative estimate of drug-likeness (QED) is 0.874. The Labute approximate surface area is 149 Å². The first-order valence-electron chi connectivity index (χ1n) is 8.16. The van der Waals surface area contributed by atoms with Crippen LogP contribution in [0.25, 0.3) is 11.3 Å². The SMILES string of the molecule is CCS(=O)(=O)N1CCN(c2ncc(-c3cccc(C(F)(F)F)c3)[nH]2)CC1. The highest BCUT2D eigenvalue weighted by molar-refractivity contribution is 7.89. The summed E-state index contributed by atoms with van der Waals surface area (Å²) < 4.78 is 63.8. The van der Waals surface area contributed by atoms with E-state index in [0.717, 1.165) is 12.1 Å². The van der Waals surface area contributed by atoms with E-state index in [-0.39, 0.29) is 5.75 Å². The first-order chi connectivity index (χ1) is 12.2. The van der Waals surface area contributed by atoms with Crippen LogP contribution in [0.4, 0.5) is 19.1 Å². The highest BCUT2D eigenvalue weighted by Gasteiger charge is 2.31. The Morgan fingerprint density at radius 1 is 1.19 bits per heavy atom. The number of hydrogen-bond acceptors (Lipinski definition) is 4. The number of piperazine rings is 1. The topological polar surface area (TPSA) is 69.3 Å². The van der Waals surface area contributed by atoms with Crippen molar-refractivity contribution in [2.24, 2.45) is 0 Å². The lowest BCUT2D eigenvalue weighted by molar-refractivity contribution is -0.137. The molecule has 1 aliphatic heterocycles. The minimum Gasteiger partial charge on any atom is -0.340 e. The van der Waals surface area contributed by atoms with Gasteiger partial charge >= 0.3 is 6.18 Å². The Morgan fingerprint density at radius 3 is 2.50 bits per heavy atom. The van der Waals surface area contributed by atoms with Crippen LogP contribution in [-0.2, 0) is 16.2 Å². The highest BCUT2D eigenvalue weighted by atomic mass is 32.2. The molecule has 3 rings (SSSR count). The van der Waals surface area contributed by atoms with Crippen LogP contribution in [0.3, 0.4) is 0 Å². The molecule has 26 heavy (non-hydrogen) atoms. The number of H-pyrrole nitrogens is 1. The summed E-state index contributed by atoms with van der Waals surface area (Å²) >= 11 is 0. The first-order valence-corrected chi connectivity index (χ1v) is 9.77. The van der Waals surface area contributed by atoms with Crippen LogP contribution in [0.5, 0.6) is 0 Å². The minimum atomic E-state index is -4.40. The molecular weight excluding hydrogens is 369 g/mol. The number of imidazole rings is 1. The predicted molar refractivity (Wildman–Crippen MR) is 92.3 cm³/mol. The molecule has 6 nitrogen and oxygen atoms in total. The van der Waals surface area contributed by atoms with Crippen molar-refractivity contribution in [3.63, 3.8) is 0 Å². The van der Waals surface area contributed by atoms with Gasteiger partial charge in [0.15, 0.2) is 0 Å². The lowest BCUT2D eigenvalue weighted by atomic mass is 10.1. The fraction of sp³-hybridized carbons (Fsp3) is 0.438. The summed E-state index contributed by atoms with van der Waals surface area (Å²) in [5.74, 6) is 0.582. The van der Waals surface area contributed by atoms with Gasteiger partial charge in [-0.05, 0) is 19.1 Å². The average Bonchev–Trinajstić information content (AvgIpc) is 3.11. The zero-order valence-electron chi connectivity index (χ0n) is 14.1. The zero-order valence-corrected chi connectivity index (χ0v) is 14.9. The molecule has 0 unspecified atom stereocenters. The van der Waals surface area contributed by atoms with E-state index in [1.165, 1.54) is 16.6 Å².